The van der Waals surface area contributed by atoms with E-state index >= 15 is 0 Å². The predicted molar refractivity (Wildman–Crippen MR) is 122 cm³/mol. The van der Waals surface area contributed by atoms with Gasteiger partial charge in [-0.25, -0.2) is 0 Å². The number of carbonyl (C=O) groups is 2. The van der Waals surface area contributed by atoms with Crippen molar-refractivity contribution in [2.75, 3.05) is 11.9 Å². The zero-order chi connectivity index (χ0) is 21.3. The number of allylic oxidation sites excluding steroid dienone is 1. The van der Waals surface area contributed by atoms with Gasteiger partial charge in [-0.2, -0.15) is 0 Å². The van der Waals surface area contributed by atoms with E-state index in [0.29, 0.717) is 6.54 Å². The highest BCUT2D eigenvalue weighted by Crippen LogP contribution is 2.20. The highest BCUT2D eigenvalue weighted by Gasteiger charge is 2.28. The van der Waals surface area contributed by atoms with Gasteiger partial charge in [0.1, 0.15) is 5.92 Å². The molecule has 1 unspecified atom stereocenters. The van der Waals surface area contributed by atoms with Crippen LogP contribution < -0.4 is 10.2 Å². The lowest BCUT2D eigenvalue weighted by Gasteiger charge is -2.22. The summed E-state index contributed by atoms with van der Waals surface area (Å²) < 4.78 is 0. The van der Waals surface area contributed by atoms with Gasteiger partial charge in [0.05, 0.1) is 0 Å². The third-order valence-electron chi connectivity index (χ3n) is 4.98. The van der Waals surface area contributed by atoms with Crippen molar-refractivity contribution < 1.29 is 9.59 Å². The number of anilines is 1. The third kappa shape index (κ3) is 5.45. The molecule has 1 N–H and O–H groups in total. The smallest absolute Gasteiger partial charge is 0.243 e. The van der Waals surface area contributed by atoms with Gasteiger partial charge in [-0.3, -0.25) is 9.59 Å². The monoisotopic (exact) mass is 398 g/mol. The van der Waals surface area contributed by atoms with Crippen LogP contribution in [0.15, 0.2) is 97.1 Å². The molecule has 0 aliphatic heterocycles. The van der Waals surface area contributed by atoms with Crippen LogP contribution >= 0.6 is 0 Å². The Labute approximate surface area is 177 Å². The lowest BCUT2D eigenvalue weighted by Crippen LogP contribution is -2.41. The first-order valence-corrected chi connectivity index (χ1v) is 9.94. The Morgan fingerprint density at radius 1 is 0.867 bits per heavy atom. The number of hydrogen-bond acceptors (Lipinski definition) is 2. The molecule has 3 aromatic carbocycles. The van der Waals surface area contributed by atoms with Crippen LogP contribution in [-0.4, -0.2) is 18.9 Å². The maximum Gasteiger partial charge on any atom is 0.243 e. The van der Waals surface area contributed by atoms with Crippen LogP contribution in [0.3, 0.4) is 0 Å². The minimum absolute atomic E-state index is 0.276. The minimum atomic E-state index is -0.931. The van der Waals surface area contributed by atoms with Crippen LogP contribution in [0.4, 0.5) is 5.69 Å². The summed E-state index contributed by atoms with van der Waals surface area (Å²) in [6, 6.07) is 28.8. The number of nitrogens with zero attached hydrogens (tertiary/aromatic N) is 1. The van der Waals surface area contributed by atoms with Crippen molar-refractivity contribution >= 4 is 23.1 Å². The van der Waals surface area contributed by atoms with E-state index in [-0.39, 0.29) is 11.8 Å². The van der Waals surface area contributed by atoms with Gasteiger partial charge in [0.25, 0.3) is 0 Å². The van der Waals surface area contributed by atoms with Crippen LogP contribution in [0, 0.1) is 5.92 Å². The first-order chi connectivity index (χ1) is 14.6. The second-order valence-electron chi connectivity index (χ2n) is 7.13. The molecule has 0 aliphatic rings. The van der Waals surface area contributed by atoms with Gasteiger partial charge in [0.15, 0.2) is 0 Å². The zero-order valence-corrected chi connectivity index (χ0v) is 17.3. The summed E-state index contributed by atoms with van der Waals surface area (Å²) in [5.41, 5.74) is 3.59. The molecular weight excluding hydrogens is 372 g/mol. The van der Waals surface area contributed by atoms with Crippen molar-refractivity contribution in [2.45, 2.75) is 13.5 Å². The van der Waals surface area contributed by atoms with Crippen LogP contribution in [0.2, 0.25) is 0 Å². The Morgan fingerprint density at radius 2 is 1.40 bits per heavy atom. The number of carbonyl (C=O) groups excluding carboxylic acids is 2. The third-order valence-corrected chi connectivity index (χ3v) is 4.98. The molecule has 30 heavy (non-hydrogen) atoms. The lowest BCUT2D eigenvalue weighted by atomic mass is 9.98. The van der Waals surface area contributed by atoms with Crippen molar-refractivity contribution in [2.24, 2.45) is 5.92 Å². The number of para-hydroxylation sites is 1. The topological polar surface area (TPSA) is 49.4 Å². The Balaban J connectivity index is 1.85. The molecule has 0 aliphatic carbocycles. The average Bonchev–Trinajstić information content (AvgIpc) is 2.81. The molecule has 0 radical (unpaired) electrons. The molecular formula is C26H26N2O2. The van der Waals surface area contributed by atoms with E-state index in [1.165, 1.54) is 4.90 Å². The Hall–Kier alpha value is -3.66. The van der Waals surface area contributed by atoms with Crippen LogP contribution in [-0.2, 0) is 16.1 Å². The van der Waals surface area contributed by atoms with Crippen molar-refractivity contribution in [1.29, 1.82) is 0 Å². The summed E-state index contributed by atoms with van der Waals surface area (Å²) in [5.74, 6) is -1.52. The number of amides is 2. The van der Waals surface area contributed by atoms with Crippen molar-refractivity contribution in [3.8, 4) is 0 Å². The Kier molecular flexibility index (Phi) is 7.17. The number of hydrogen-bond donors (Lipinski definition) is 1. The molecule has 1 atom stereocenters. The molecule has 0 saturated carbocycles. The molecule has 4 heteroatoms. The fraction of sp³-hybridized carbons (Fsp3) is 0.154. The van der Waals surface area contributed by atoms with Gasteiger partial charge < -0.3 is 10.2 Å². The molecule has 4 nitrogen and oxygen atoms in total. The van der Waals surface area contributed by atoms with E-state index in [0.717, 1.165) is 22.4 Å². The molecule has 0 aromatic heterocycles. The lowest BCUT2D eigenvalue weighted by molar-refractivity contribution is -0.131. The SMILES string of the molecule is C/C(=C\C(C(=O)NCc1ccccc1)C(=O)N(C)c1ccccc1)c1ccccc1. The summed E-state index contributed by atoms with van der Waals surface area (Å²) in [6.07, 6.45) is 1.75. The molecule has 0 fully saturated rings. The van der Waals surface area contributed by atoms with E-state index in [1.807, 2.05) is 97.9 Å². The fourth-order valence-corrected chi connectivity index (χ4v) is 3.19. The van der Waals surface area contributed by atoms with E-state index in [9.17, 15) is 9.59 Å². The van der Waals surface area contributed by atoms with Crippen molar-refractivity contribution in [1.82, 2.24) is 5.32 Å². The number of nitrogens with one attached hydrogen (secondary N) is 1. The molecule has 152 valence electrons. The average molecular weight is 399 g/mol. The summed E-state index contributed by atoms with van der Waals surface area (Å²) in [4.78, 5) is 27.9. The van der Waals surface area contributed by atoms with Gasteiger partial charge in [-0.1, -0.05) is 84.9 Å². The van der Waals surface area contributed by atoms with E-state index in [4.69, 9.17) is 0 Å². The normalized spacial score (nSPS) is 12.1. The Bertz CT molecular complexity index is 999. The number of rotatable bonds is 7. The summed E-state index contributed by atoms with van der Waals surface area (Å²) in [6.45, 7) is 2.29. The van der Waals surface area contributed by atoms with E-state index in [1.54, 1.807) is 13.1 Å². The second kappa shape index (κ2) is 10.2. The quantitative estimate of drug-likeness (QED) is 0.587. The molecule has 2 amide bonds. The Morgan fingerprint density at radius 3 is 2.00 bits per heavy atom. The van der Waals surface area contributed by atoms with Gasteiger partial charge in [0.2, 0.25) is 11.8 Å². The summed E-state index contributed by atoms with van der Waals surface area (Å²) in [7, 11) is 1.70. The summed E-state index contributed by atoms with van der Waals surface area (Å²) in [5, 5.41) is 2.91. The molecule has 0 bridgehead atoms. The molecule has 0 spiro atoms. The zero-order valence-electron chi connectivity index (χ0n) is 17.3. The van der Waals surface area contributed by atoms with Crippen LogP contribution in [0.1, 0.15) is 18.1 Å². The first kappa shape index (κ1) is 21.1. The standard InChI is InChI=1S/C26H26N2O2/c1-20(22-14-8-4-9-15-22)18-24(25(29)27-19-21-12-6-3-7-13-21)26(30)28(2)23-16-10-5-11-17-23/h3-18,24H,19H2,1-2H3,(H,27,29)/b20-18+. The largest absolute Gasteiger partial charge is 0.351 e. The van der Waals surface area contributed by atoms with E-state index < -0.39 is 5.92 Å². The van der Waals surface area contributed by atoms with Crippen molar-refractivity contribution in [3.63, 3.8) is 0 Å². The molecule has 3 aromatic rings. The van der Waals surface area contributed by atoms with Gasteiger partial charge >= 0.3 is 0 Å². The molecule has 0 heterocycles. The maximum absolute atomic E-state index is 13.3. The predicted octanol–water partition coefficient (Wildman–Crippen LogP) is 4.69. The molecule has 3 rings (SSSR count). The molecule has 0 saturated heterocycles. The van der Waals surface area contributed by atoms with Crippen LogP contribution in [0.5, 0.6) is 0 Å². The second-order valence-corrected chi connectivity index (χ2v) is 7.13. The number of benzene rings is 3. The summed E-state index contributed by atoms with van der Waals surface area (Å²) >= 11 is 0. The maximum atomic E-state index is 13.3. The highest BCUT2D eigenvalue weighted by atomic mass is 16.2. The minimum Gasteiger partial charge on any atom is -0.351 e. The highest BCUT2D eigenvalue weighted by molar-refractivity contribution is 6.09. The van der Waals surface area contributed by atoms with Gasteiger partial charge in [0, 0.05) is 19.3 Å². The van der Waals surface area contributed by atoms with Gasteiger partial charge in [-0.05, 0) is 35.8 Å². The first-order valence-electron chi connectivity index (χ1n) is 9.94. The fourth-order valence-electron chi connectivity index (χ4n) is 3.19. The van der Waals surface area contributed by atoms with Crippen LogP contribution in [0.25, 0.3) is 5.57 Å². The van der Waals surface area contributed by atoms with Crippen molar-refractivity contribution in [3.05, 3.63) is 108 Å². The van der Waals surface area contributed by atoms with Gasteiger partial charge in [-0.15, -0.1) is 0 Å². The van der Waals surface area contributed by atoms with E-state index in [2.05, 4.69) is 5.32 Å².